The van der Waals surface area contributed by atoms with Crippen LogP contribution in [0.5, 0.6) is 0 Å². The number of nitrogens with one attached hydrogen (secondary N) is 1. The lowest BCUT2D eigenvalue weighted by Crippen LogP contribution is -2.40. The number of hydrogen-bond acceptors (Lipinski definition) is 3. The van der Waals surface area contributed by atoms with Crippen molar-refractivity contribution in [1.29, 1.82) is 0 Å². The van der Waals surface area contributed by atoms with Gasteiger partial charge in [0.05, 0.1) is 11.0 Å². The van der Waals surface area contributed by atoms with Gasteiger partial charge in [-0.15, -0.1) is 0 Å². The molecule has 1 saturated heterocycles. The number of hydrogen-bond donors (Lipinski definition) is 1. The molecule has 1 aliphatic rings. The molecule has 1 aliphatic heterocycles. The monoisotopic (exact) mass is 355 g/mol. The molecule has 1 N–H and O–H groups in total. The molecule has 6 nitrogen and oxygen atoms in total. The SMILES string of the molecule is CCc1nccn1CC(=O)N1CCC(c2nc3ccc(F)cc3[nH]2)CC1. The summed E-state index contributed by atoms with van der Waals surface area (Å²) >= 11 is 0. The van der Waals surface area contributed by atoms with Gasteiger partial charge in [-0.3, -0.25) is 4.79 Å². The summed E-state index contributed by atoms with van der Waals surface area (Å²) < 4.78 is 15.3. The number of H-pyrrole nitrogens is 1. The summed E-state index contributed by atoms with van der Waals surface area (Å²) in [6.45, 7) is 3.81. The Bertz CT molecular complexity index is 923. The van der Waals surface area contributed by atoms with Crippen molar-refractivity contribution in [3.8, 4) is 0 Å². The van der Waals surface area contributed by atoms with Gasteiger partial charge in [-0.2, -0.15) is 0 Å². The summed E-state index contributed by atoms with van der Waals surface area (Å²) in [6.07, 6.45) is 6.13. The number of imidazole rings is 2. The molecule has 0 aliphatic carbocycles. The highest BCUT2D eigenvalue weighted by molar-refractivity contribution is 5.76. The normalized spacial score (nSPS) is 15.7. The molecule has 3 heterocycles. The first-order valence-electron chi connectivity index (χ1n) is 9.07. The number of likely N-dealkylation sites (tertiary alicyclic amines) is 1. The first kappa shape index (κ1) is 16.8. The molecule has 0 unspecified atom stereocenters. The van der Waals surface area contributed by atoms with E-state index in [1.165, 1.54) is 12.1 Å². The molecule has 0 atom stereocenters. The van der Waals surface area contributed by atoms with E-state index < -0.39 is 0 Å². The Labute approximate surface area is 151 Å². The Hall–Kier alpha value is -2.70. The Morgan fingerprint density at radius 2 is 2.15 bits per heavy atom. The minimum atomic E-state index is -0.265. The van der Waals surface area contributed by atoms with Crippen molar-refractivity contribution in [3.05, 3.63) is 48.1 Å². The van der Waals surface area contributed by atoms with Gasteiger partial charge in [-0.05, 0) is 31.0 Å². The molecule has 3 aromatic rings. The average Bonchev–Trinajstić information content (AvgIpc) is 3.27. The fourth-order valence-corrected chi connectivity index (χ4v) is 3.64. The van der Waals surface area contributed by atoms with Crippen LogP contribution < -0.4 is 0 Å². The van der Waals surface area contributed by atoms with E-state index in [4.69, 9.17) is 0 Å². The lowest BCUT2D eigenvalue weighted by atomic mass is 9.96. The second kappa shape index (κ2) is 6.90. The second-order valence-corrected chi connectivity index (χ2v) is 6.76. The Balaban J connectivity index is 1.39. The van der Waals surface area contributed by atoms with Crippen LogP contribution in [0.3, 0.4) is 0 Å². The topological polar surface area (TPSA) is 66.8 Å². The zero-order valence-corrected chi connectivity index (χ0v) is 14.8. The predicted octanol–water partition coefficient (Wildman–Crippen LogP) is 2.87. The van der Waals surface area contributed by atoms with Crippen LogP contribution in [-0.2, 0) is 17.8 Å². The summed E-state index contributed by atoms with van der Waals surface area (Å²) in [5, 5.41) is 0. The van der Waals surface area contributed by atoms with E-state index in [1.807, 2.05) is 22.6 Å². The van der Waals surface area contributed by atoms with Gasteiger partial charge in [-0.25, -0.2) is 14.4 Å². The van der Waals surface area contributed by atoms with Crippen LogP contribution in [-0.4, -0.2) is 43.4 Å². The molecule has 1 amide bonds. The zero-order valence-electron chi connectivity index (χ0n) is 14.8. The molecule has 0 radical (unpaired) electrons. The fourth-order valence-electron chi connectivity index (χ4n) is 3.64. The predicted molar refractivity (Wildman–Crippen MR) is 96.2 cm³/mol. The number of amides is 1. The Kier molecular flexibility index (Phi) is 4.44. The van der Waals surface area contributed by atoms with Crippen LogP contribution in [0.15, 0.2) is 30.6 Å². The standard InChI is InChI=1S/C19H22FN5O/c1-2-17-21-7-10-25(17)12-18(26)24-8-5-13(6-9-24)19-22-15-4-3-14(20)11-16(15)23-19/h3-4,7,10-11,13H,2,5-6,8-9,12H2,1H3,(H,22,23). The van der Waals surface area contributed by atoms with Crippen LogP contribution in [0, 0.1) is 5.82 Å². The molecule has 1 aromatic carbocycles. The zero-order chi connectivity index (χ0) is 18.1. The number of aromatic nitrogens is 4. The molecular formula is C19H22FN5O. The first-order chi connectivity index (χ1) is 12.6. The van der Waals surface area contributed by atoms with E-state index in [2.05, 4.69) is 15.0 Å². The molecule has 1 fully saturated rings. The Morgan fingerprint density at radius 3 is 2.92 bits per heavy atom. The van der Waals surface area contributed by atoms with Gasteiger partial charge in [0, 0.05) is 37.8 Å². The van der Waals surface area contributed by atoms with Gasteiger partial charge in [0.2, 0.25) is 5.91 Å². The molecule has 136 valence electrons. The van der Waals surface area contributed by atoms with Crippen molar-refractivity contribution < 1.29 is 9.18 Å². The number of fused-ring (bicyclic) bond motifs is 1. The van der Waals surface area contributed by atoms with Gasteiger partial charge < -0.3 is 14.5 Å². The highest BCUT2D eigenvalue weighted by Crippen LogP contribution is 2.28. The number of carbonyl (C=O) groups excluding carboxylic acids is 1. The average molecular weight is 355 g/mol. The molecular weight excluding hydrogens is 333 g/mol. The van der Waals surface area contributed by atoms with Crippen molar-refractivity contribution in [3.63, 3.8) is 0 Å². The molecule has 0 bridgehead atoms. The summed E-state index contributed by atoms with van der Waals surface area (Å²) in [7, 11) is 0. The molecule has 4 rings (SSSR count). The number of rotatable bonds is 4. The van der Waals surface area contributed by atoms with Crippen molar-refractivity contribution >= 4 is 16.9 Å². The number of nitrogens with zero attached hydrogens (tertiary/aromatic N) is 4. The minimum Gasteiger partial charge on any atom is -0.342 e. The second-order valence-electron chi connectivity index (χ2n) is 6.76. The van der Waals surface area contributed by atoms with E-state index in [9.17, 15) is 9.18 Å². The maximum absolute atomic E-state index is 13.3. The van der Waals surface area contributed by atoms with Crippen LogP contribution in [0.2, 0.25) is 0 Å². The van der Waals surface area contributed by atoms with E-state index >= 15 is 0 Å². The summed E-state index contributed by atoms with van der Waals surface area (Å²) in [5.74, 6) is 1.96. The number of halogens is 1. The Morgan fingerprint density at radius 1 is 1.35 bits per heavy atom. The number of carbonyl (C=O) groups is 1. The number of benzene rings is 1. The van der Waals surface area contributed by atoms with Gasteiger partial charge >= 0.3 is 0 Å². The van der Waals surface area contributed by atoms with Gasteiger partial charge in [-0.1, -0.05) is 6.92 Å². The van der Waals surface area contributed by atoms with E-state index in [-0.39, 0.29) is 17.6 Å². The van der Waals surface area contributed by atoms with Crippen LogP contribution >= 0.6 is 0 Å². The highest BCUT2D eigenvalue weighted by atomic mass is 19.1. The minimum absolute atomic E-state index is 0.128. The largest absolute Gasteiger partial charge is 0.342 e. The number of aryl methyl sites for hydroxylation is 1. The van der Waals surface area contributed by atoms with Gasteiger partial charge in [0.15, 0.2) is 0 Å². The molecule has 7 heteroatoms. The van der Waals surface area contributed by atoms with Crippen LogP contribution in [0.25, 0.3) is 11.0 Å². The van der Waals surface area contributed by atoms with Crippen molar-refractivity contribution in [2.45, 2.75) is 38.6 Å². The number of piperidine rings is 1. The number of aromatic amines is 1. The third kappa shape index (κ3) is 3.21. The highest BCUT2D eigenvalue weighted by Gasteiger charge is 2.26. The molecule has 2 aromatic heterocycles. The summed E-state index contributed by atoms with van der Waals surface area (Å²) in [5.41, 5.74) is 1.51. The third-order valence-electron chi connectivity index (χ3n) is 5.12. The van der Waals surface area contributed by atoms with Crippen molar-refractivity contribution in [1.82, 2.24) is 24.4 Å². The smallest absolute Gasteiger partial charge is 0.242 e. The van der Waals surface area contributed by atoms with E-state index in [0.717, 1.165) is 41.9 Å². The lowest BCUT2D eigenvalue weighted by molar-refractivity contribution is -0.132. The lowest BCUT2D eigenvalue weighted by Gasteiger charge is -2.31. The van der Waals surface area contributed by atoms with E-state index in [0.29, 0.717) is 19.6 Å². The van der Waals surface area contributed by atoms with Gasteiger partial charge in [0.1, 0.15) is 24.0 Å². The van der Waals surface area contributed by atoms with E-state index in [1.54, 1.807) is 12.3 Å². The fraction of sp³-hybridized carbons (Fsp3) is 0.421. The van der Waals surface area contributed by atoms with Gasteiger partial charge in [0.25, 0.3) is 0 Å². The molecule has 0 spiro atoms. The molecule has 26 heavy (non-hydrogen) atoms. The van der Waals surface area contributed by atoms with Crippen molar-refractivity contribution in [2.75, 3.05) is 13.1 Å². The summed E-state index contributed by atoms with van der Waals surface area (Å²) in [6, 6.07) is 4.59. The quantitative estimate of drug-likeness (QED) is 0.782. The van der Waals surface area contributed by atoms with Crippen LogP contribution in [0.4, 0.5) is 4.39 Å². The first-order valence-corrected chi connectivity index (χ1v) is 9.07. The summed E-state index contributed by atoms with van der Waals surface area (Å²) in [4.78, 5) is 26.6. The maximum Gasteiger partial charge on any atom is 0.242 e. The molecule has 0 saturated carbocycles. The van der Waals surface area contributed by atoms with Crippen LogP contribution in [0.1, 0.15) is 37.3 Å². The van der Waals surface area contributed by atoms with Crippen molar-refractivity contribution in [2.24, 2.45) is 0 Å². The maximum atomic E-state index is 13.3. The third-order valence-corrected chi connectivity index (χ3v) is 5.12.